The van der Waals surface area contributed by atoms with Gasteiger partial charge in [-0.1, -0.05) is 17.7 Å². The molecule has 100 valence electrons. The molecule has 0 N–H and O–H groups in total. The van der Waals surface area contributed by atoms with E-state index in [2.05, 4.69) is 20.9 Å². The minimum absolute atomic E-state index is 0.0799. The number of nitrogens with zero attached hydrogens (tertiary/aromatic N) is 1. The molecule has 2 rings (SSSR count). The van der Waals surface area contributed by atoms with Gasteiger partial charge in [0.25, 0.3) is 10.1 Å². The summed E-state index contributed by atoms with van der Waals surface area (Å²) in [6, 6.07) is 10.0. The second kappa shape index (κ2) is 5.81. The molecule has 19 heavy (non-hydrogen) atoms. The summed E-state index contributed by atoms with van der Waals surface area (Å²) in [6.45, 7) is 1.81. The molecule has 0 radical (unpaired) electrons. The third-order valence-electron chi connectivity index (χ3n) is 2.46. The van der Waals surface area contributed by atoms with Gasteiger partial charge in [-0.15, -0.1) is 0 Å². The summed E-state index contributed by atoms with van der Waals surface area (Å²) < 4.78 is 29.7. The highest BCUT2D eigenvalue weighted by molar-refractivity contribution is 9.10. The normalized spacial score (nSPS) is 11.5. The number of hydrogen-bond acceptors (Lipinski definition) is 4. The van der Waals surface area contributed by atoms with Gasteiger partial charge < -0.3 is 0 Å². The smallest absolute Gasteiger partial charge is 0.260 e. The second-order valence-electron chi connectivity index (χ2n) is 4.00. The first-order valence-electron chi connectivity index (χ1n) is 5.54. The quantitative estimate of drug-likeness (QED) is 0.802. The van der Waals surface area contributed by atoms with Gasteiger partial charge >= 0.3 is 0 Å². The largest absolute Gasteiger partial charge is 0.297 e. The second-order valence-corrected chi connectivity index (χ2v) is 6.53. The fraction of sp³-hybridized carbons (Fsp3) is 0.154. The zero-order valence-corrected chi connectivity index (χ0v) is 12.6. The van der Waals surface area contributed by atoms with Crippen molar-refractivity contribution in [3.05, 3.63) is 58.3 Å². The van der Waals surface area contributed by atoms with Gasteiger partial charge in [0.05, 0.1) is 10.6 Å². The van der Waals surface area contributed by atoms with Crippen molar-refractivity contribution in [2.24, 2.45) is 0 Å². The van der Waals surface area contributed by atoms with E-state index >= 15 is 0 Å². The van der Waals surface area contributed by atoms with Crippen LogP contribution in [0.3, 0.4) is 0 Å². The molecule has 0 atom stereocenters. The van der Waals surface area contributed by atoms with Gasteiger partial charge in [-0.3, -0.25) is 9.17 Å². The molecule has 4 nitrogen and oxygen atoms in total. The molecule has 0 saturated carbocycles. The Kier molecular flexibility index (Phi) is 4.34. The molecule has 0 bridgehead atoms. The minimum atomic E-state index is -3.74. The van der Waals surface area contributed by atoms with Crippen molar-refractivity contribution in [1.29, 1.82) is 0 Å². The molecule has 0 spiro atoms. The molecule has 2 aromatic rings. The molecule has 0 saturated heterocycles. The molecule has 0 aliphatic carbocycles. The Morgan fingerprint density at radius 1 is 1.16 bits per heavy atom. The summed E-state index contributed by atoms with van der Waals surface area (Å²) in [5.74, 6) is 0. The summed E-state index contributed by atoms with van der Waals surface area (Å²) in [7, 11) is -3.74. The van der Waals surface area contributed by atoms with Gasteiger partial charge in [0.15, 0.2) is 0 Å². The molecule has 0 unspecified atom stereocenters. The monoisotopic (exact) mass is 341 g/mol. The molecular weight excluding hydrogens is 330 g/mol. The van der Waals surface area contributed by atoms with Crippen molar-refractivity contribution in [2.45, 2.75) is 18.4 Å². The molecule has 0 aliphatic heterocycles. The van der Waals surface area contributed by atoms with E-state index in [1.54, 1.807) is 30.5 Å². The number of halogens is 1. The van der Waals surface area contributed by atoms with Crippen LogP contribution >= 0.6 is 15.9 Å². The Bertz CT molecular complexity index is 651. The van der Waals surface area contributed by atoms with Crippen LogP contribution in [0, 0.1) is 6.92 Å². The Balaban J connectivity index is 2.09. The first kappa shape index (κ1) is 14.2. The molecule has 6 heteroatoms. The number of rotatable bonds is 4. The van der Waals surface area contributed by atoms with Gasteiger partial charge in [0.2, 0.25) is 0 Å². The Hall–Kier alpha value is -1.24. The van der Waals surface area contributed by atoms with E-state index in [4.69, 9.17) is 4.18 Å². The average Bonchev–Trinajstić information content (AvgIpc) is 2.39. The maximum absolute atomic E-state index is 11.9. The Morgan fingerprint density at radius 3 is 2.42 bits per heavy atom. The van der Waals surface area contributed by atoms with Crippen molar-refractivity contribution in [1.82, 2.24) is 4.98 Å². The van der Waals surface area contributed by atoms with Gasteiger partial charge in [-0.25, -0.2) is 0 Å². The van der Waals surface area contributed by atoms with Crippen LogP contribution in [-0.2, 0) is 20.9 Å². The predicted octanol–water partition coefficient (Wildman–Crippen LogP) is 3.06. The molecule has 0 amide bonds. The fourth-order valence-electron chi connectivity index (χ4n) is 1.40. The maximum atomic E-state index is 11.9. The molecule has 1 aromatic carbocycles. The summed E-state index contributed by atoms with van der Waals surface area (Å²) in [5, 5.41) is 0. The number of pyridine rings is 1. The lowest BCUT2D eigenvalue weighted by Crippen LogP contribution is -2.07. The van der Waals surface area contributed by atoms with E-state index in [1.165, 1.54) is 12.1 Å². The number of aryl methyl sites for hydroxylation is 1. The molecule has 0 fully saturated rings. The lowest BCUT2D eigenvalue weighted by molar-refractivity contribution is 0.303. The Morgan fingerprint density at radius 2 is 1.84 bits per heavy atom. The van der Waals surface area contributed by atoms with Crippen LogP contribution in [0.15, 0.2) is 52.0 Å². The number of benzene rings is 1. The molecule has 1 heterocycles. The van der Waals surface area contributed by atoms with Crippen LogP contribution in [0.1, 0.15) is 11.3 Å². The van der Waals surface area contributed by atoms with Crippen LogP contribution in [0.5, 0.6) is 0 Å². The van der Waals surface area contributed by atoms with Crippen molar-refractivity contribution in [3.8, 4) is 0 Å². The van der Waals surface area contributed by atoms with Crippen molar-refractivity contribution < 1.29 is 12.6 Å². The van der Waals surface area contributed by atoms with E-state index in [0.717, 1.165) is 10.0 Å². The first-order chi connectivity index (χ1) is 8.97. The number of hydrogen-bond donors (Lipinski definition) is 0. The molecule has 1 aromatic heterocycles. The predicted molar refractivity (Wildman–Crippen MR) is 75.1 cm³/mol. The average molecular weight is 342 g/mol. The van der Waals surface area contributed by atoms with Gasteiger partial charge in [0.1, 0.15) is 6.61 Å². The highest BCUT2D eigenvalue weighted by atomic mass is 79.9. The van der Waals surface area contributed by atoms with E-state index < -0.39 is 10.1 Å². The SMILES string of the molecule is Cc1ccc(S(=O)(=O)OCc2ccc(Br)cn2)cc1. The summed E-state index contributed by atoms with van der Waals surface area (Å²) in [5.41, 5.74) is 1.55. The van der Waals surface area contributed by atoms with Gasteiger partial charge in [-0.2, -0.15) is 8.42 Å². The standard InChI is InChI=1S/C13H12BrNO3S/c1-10-2-6-13(7-3-10)19(16,17)18-9-12-5-4-11(14)8-15-12/h2-8H,9H2,1H3. The van der Waals surface area contributed by atoms with E-state index in [9.17, 15) is 8.42 Å². The highest BCUT2D eigenvalue weighted by Crippen LogP contribution is 2.15. The lowest BCUT2D eigenvalue weighted by Gasteiger charge is -2.05. The van der Waals surface area contributed by atoms with Crippen LogP contribution in [0.2, 0.25) is 0 Å². The highest BCUT2D eigenvalue weighted by Gasteiger charge is 2.15. The third-order valence-corrected chi connectivity index (χ3v) is 4.21. The van der Waals surface area contributed by atoms with Crippen LogP contribution < -0.4 is 0 Å². The van der Waals surface area contributed by atoms with E-state index in [-0.39, 0.29) is 11.5 Å². The third kappa shape index (κ3) is 3.86. The maximum Gasteiger partial charge on any atom is 0.297 e. The Labute approximate surface area is 120 Å². The van der Waals surface area contributed by atoms with Crippen LogP contribution in [0.4, 0.5) is 0 Å². The van der Waals surface area contributed by atoms with Crippen molar-refractivity contribution in [2.75, 3.05) is 0 Å². The summed E-state index contributed by atoms with van der Waals surface area (Å²) >= 11 is 3.26. The first-order valence-corrected chi connectivity index (χ1v) is 7.74. The summed E-state index contributed by atoms with van der Waals surface area (Å²) in [4.78, 5) is 4.20. The van der Waals surface area contributed by atoms with E-state index in [0.29, 0.717) is 5.69 Å². The molecular formula is C13H12BrNO3S. The van der Waals surface area contributed by atoms with Crippen molar-refractivity contribution >= 4 is 26.0 Å². The van der Waals surface area contributed by atoms with Gasteiger partial charge in [0, 0.05) is 10.7 Å². The summed E-state index contributed by atoms with van der Waals surface area (Å²) in [6.07, 6.45) is 1.59. The topological polar surface area (TPSA) is 56.3 Å². The lowest BCUT2D eigenvalue weighted by atomic mass is 10.2. The number of aromatic nitrogens is 1. The van der Waals surface area contributed by atoms with Crippen LogP contribution in [0.25, 0.3) is 0 Å². The van der Waals surface area contributed by atoms with Gasteiger partial charge in [-0.05, 0) is 47.1 Å². The zero-order valence-electron chi connectivity index (χ0n) is 10.2. The zero-order chi connectivity index (χ0) is 13.9. The molecule has 0 aliphatic rings. The van der Waals surface area contributed by atoms with Crippen molar-refractivity contribution in [3.63, 3.8) is 0 Å². The van der Waals surface area contributed by atoms with Crippen LogP contribution in [-0.4, -0.2) is 13.4 Å². The minimum Gasteiger partial charge on any atom is -0.260 e. The van der Waals surface area contributed by atoms with E-state index in [1.807, 2.05) is 6.92 Å². The fourth-order valence-corrected chi connectivity index (χ4v) is 2.52.